The highest BCUT2D eigenvalue weighted by Gasteiger charge is 2.34. The summed E-state index contributed by atoms with van der Waals surface area (Å²) in [4.78, 5) is 11.2. The number of aliphatic carboxylic acids is 1. The monoisotopic (exact) mass is 300 g/mol. The number of nitrogens with zero attached hydrogens (tertiary/aromatic N) is 4. The van der Waals surface area contributed by atoms with E-state index in [1.54, 1.807) is 12.1 Å². The van der Waals surface area contributed by atoms with Crippen molar-refractivity contribution in [2.75, 3.05) is 0 Å². The zero-order valence-corrected chi connectivity index (χ0v) is 10.7. The molecule has 0 saturated carbocycles. The summed E-state index contributed by atoms with van der Waals surface area (Å²) in [6, 6.07) is 3.34. The summed E-state index contributed by atoms with van der Waals surface area (Å²) in [5, 5.41) is 20.1. The number of carboxylic acids is 1. The first-order valence-electron chi connectivity index (χ1n) is 4.71. The second kappa shape index (κ2) is 3.95. The zero-order chi connectivity index (χ0) is 12.6. The Labute approximate surface area is 105 Å². The fraction of sp³-hybridized carbons (Fsp3) is 0.333. The van der Waals surface area contributed by atoms with Crippen molar-refractivity contribution in [3.8, 4) is 11.6 Å². The normalized spacial score (nSPS) is 11.7. The highest BCUT2D eigenvalue weighted by atomic mass is 79.9. The molecule has 0 fully saturated rings. The van der Waals surface area contributed by atoms with E-state index in [1.807, 2.05) is 0 Å². The Morgan fingerprint density at radius 3 is 2.76 bits per heavy atom. The Morgan fingerprint density at radius 2 is 2.24 bits per heavy atom. The average molecular weight is 301 g/mol. The van der Waals surface area contributed by atoms with Gasteiger partial charge in [0.05, 0.1) is 0 Å². The maximum atomic E-state index is 11.2. The zero-order valence-electron chi connectivity index (χ0n) is 9.09. The van der Waals surface area contributed by atoms with Gasteiger partial charge < -0.3 is 9.52 Å². The molecule has 0 amide bonds. The van der Waals surface area contributed by atoms with E-state index in [0.29, 0.717) is 10.4 Å². The maximum absolute atomic E-state index is 11.2. The van der Waals surface area contributed by atoms with E-state index in [0.717, 1.165) is 0 Å². The minimum atomic E-state index is -1.25. The molecule has 0 radical (unpaired) electrons. The molecule has 0 saturated heterocycles. The number of hydrogen-bond acceptors (Lipinski definition) is 5. The molecule has 0 aliphatic rings. The lowest BCUT2D eigenvalue weighted by Crippen LogP contribution is -2.37. The summed E-state index contributed by atoms with van der Waals surface area (Å²) < 4.78 is 7.04. The molecule has 0 aliphatic heterocycles. The van der Waals surface area contributed by atoms with Crippen molar-refractivity contribution < 1.29 is 14.3 Å². The molecule has 8 heteroatoms. The second-order valence-electron chi connectivity index (χ2n) is 3.88. The second-order valence-corrected chi connectivity index (χ2v) is 4.66. The minimum Gasteiger partial charge on any atom is -0.479 e. The first kappa shape index (κ1) is 11.8. The summed E-state index contributed by atoms with van der Waals surface area (Å²) in [5.74, 6) is -0.365. The van der Waals surface area contributed by atoms with Crippen LogP contribution in [0.2, 0.25) is 0 Å². The Kier molecular flexibility index (Phi) is 2.74. The van der Waals surface area contributed by atoms with Crippen LogP contribution in [0.5, 0.6) is 0 Å². The molecule has 0 aliphatic carbocycles. The third kappa shape index (κ3) is 1.95. The minimum absolute atomic E-state index is 0.267. The van der Waals surface area contributed by atoms with Crippen LogP contribution in [0, 0.1) is 0 Å². The standard InChI is InChI=1S/C9H9BrN4O3/c1-9(2,8(15)16)14-7(11-12-13-14)5-3-4-6(10)17-5/h3-4H,1-2H3,(H,15,16). The van der Waals surface area contributed by atoms with Crippen LogP contribution in [0.15, 0.2) is 21.2 Å². The van der Waals surface area contributed by atoms with E-state index in [2.05, 4.69) is 31.5 Å². The molecule has 1 N–H and O–H groups in total. The molecule has 0 bridgehead atoms. The lowest BCUT2D eigenvalue weighted by atomic mass is 10.1. The van der Waals surface area contributed by atoms with Gasteiger partial charge in [-0.2, -0.15) is 0 Å². The topological polar surface area (TPSA) is 94.0 Å². The Balaban J connectivity index is 2.52. The van der Waals surface area contributed by atoms with Gasteiger partial charge in [0, 0.05) is 0 Å². The summed E-state index contributed by atoms with van der Waals surface area (Å²) in [5.41, 5.74) is -1.25. The Hall–Kier alpha value is -1.70. The van der Waals surface area contributed by atoms with E-state index in [4.69, 9.17) is 9.52 Å². The lowest BCUT2D eigenvalue weighted by Gasteiger charge is -2.19. The fourth-order valence-corrected chi connectivity index (χ4v) is 1.55. The van der Waals surface area contributed by atoms with Crippen molar-refractivity contribution in [2.24, 2.45) is 0 Å². The van der Waals surface area contributed by atoms with Crippen LogP contribution in [-0.2, 0) is 10.3 Å². The maximum Gasteiger partial charge on any atom is 0.331 e. The molecule has 7 nitrogen and oxygen atoms in total. The van der Waals surface area contributed by atoms with E-state index in [9.17, 15) is 4.79 Å². The highest BCUT2D eigenvalue weighted by Crippen LogP contribution is 2.26. The molecule has 0 atom stereocenters. The van der Waals surface area contributed by atoms with Crippen molar-refractivity contribution in [3.05, 3.63) is 16.8 Å². The van der Waals surface area contributed by atoms with Crippen LogP contribution in [0.25, 0.3) is 11.6 Å². The van der Waals surface area contributed by atoms with Crippen LogP contribution in [0.4, 0.5) is 0 Å². The average Bonchev–Trinajstić information content (AvgIpc) is 2.84. The number of carboxylic acid groups (broad SMARTS) is 1. The number of halogens is 1. The van der Waals surface area contributed by atoms with Crippen LogP contribution >= 0.6 is 15.9 Å². The Morgan fingerprint density at radius 1 is 1.53 bits per heavy atom. The van der Waals surface area contributed by atoms with E-state index in [-0.39, 0.29) is 5.82 Å². The molecule has 2 aromatic heterocycles. The summed E-state index contributed by atoms with van der Waals surface area (Å²) >= 11 is 3.16. The van der Waals surface area contributed by atoms with Crippen LogP contribution in [0.3, 0.4) is 0 Å². The van der Waals surface area contributed by atoms with Gasteiger partial charge in [-0.25, -0.2) is 9.48 Å². The van der Waals surface area contributed by atoms with Gasteiger partial charge in [-0.3, -0.25) is 0 Å². The number of rotatable bonds is 3. The fourth-order valence-electron chi connectivity index (χ4n) is 1.24. The van der Waals surface area contributed by atoms with Crippen molar-refractivity contribution in [1.29, 1.82) is 0 Å². The van der Waals surface area contributed by atoms with Crippen molar-refractivity contribution >= 4 is 21.9 Å². The number of aromatic nitrogens is 4. The van der Waals surface area contributed by atoms with Crippen LogP contribution < -0.4 is 0 Å². The van der Waals surface area contributed by atoms with Gasteiger partial charge >= 0.3 is 5.97 Å². The largest absolute Gasteiger partial charge is 0.479 e. The third-order valence-corrected chi connectivity index (χ3v) is 2.74. The number of furan rings is 1. The molecule has 2 rings (SSSR count). The van der Waals surface area contributed by atoms with Crippen molar-refractivity contribution in [1.82, 2.24) is 20.2 Å². The van der Waals surface area contributed by atoms with Gasteiger partial charge in [0.2, 0.25) is 5.82 Å². The SMILES string of the molecule is CC(C)(C(=O)O)n1nnnc1-c1ccc(Br)o1. The van der Waals surface area contributed by atoms with E-state index < -0.39 is 11.5 Å². The molecular weight excluding hydrogens is 292 g/mol. The third-order valence-electron chi connectivity index (χ3n) is 2.32. The predicted octanol–water partition coefficient (Wildman–Crippen LogP) is 1.52. The van der Waals surface area contributed by atoms with Gasteiger partial charge in [0.25, 0.3) is 0 Å². The van der Waals surface area contributed by atoms with E-state index >= 15 is 0 Å². The molecular formula is C9H9BrN4O3. The number of carbonyl (C=O) groups is 1. The molecule has 90 valence electrons. The molecule has 0 unspecified atom stereocenters. The van der Waals surface area contributed by atoms with Gasteiger partial charge in [0.15, 0.2) is 16.0 Å². The molecule has 2 heterocycles. The highest BCUT2D eigenvalue weighted by molar-refractivity contribution is 9.10. The summed E-state index contributed by atoms with van der Waals surface area (Å²) in [6.07, 6.45) is 0. The van der Waals surface area contributed by atoms with Crippen LogP contribution in [0.1, 0.15) is 13.8 Å². The van der Waals surface area contributed by atoms with Crippen molar-refractivity contribution in [3.63, 3.8) is 0 Å². The molecule has 0 aromatic carbocycles. The van der Waals surface area contributed by atoms with Gasteiger partial charge in [-0.1, -0.05) is 0 Å². The van der Waals surface area contributed by atoms with Crippen LogP contribution in [-0.4, -0.2) is 31.3 Å². The van der Waals surface area contributed by atoms with Gasteiger partial charge in [-0.05, 0) is 52.3 Å². The molecule has 2 aromatic rings. The summed E-state index contributed by atoms with van der Waals surface area (Å²) in [6.45, 7) is 3.01. The Bertz CT molecular complexity index is 560. The number of tetrazole rings is 1. The van der Waals surface area contributed by atoms with E-state index in [1.165, 1.54) is 18.5 Å². The lowest BCUT2D eigenvalue weighted by molar-refractivity contribution is -0.146. The van der Waals surface area contributed by atoms with Gasteiger partial charge in [0.1, 0.15) is 0 Å². The molecule has 0 spiro atoms. The first-order valence-corrected chi connectivity index (χ1v) is 5.50. The van der Waals surface area contributed by atoms with Crippen molar-refractivity contribution in [2.45, 2.75) is 19.4 Å². The quantitative estimate of drug-likeness (QED) is 0.923. The summed E-state index contributed by atoms with van der Waals surface area (Å²) in [7, 11) is 0. The first-order chi connectivity index (χ1) is 7.93. The molecule has 17 heavy (non-hydrogen) atoms. The number of hydrogen-bond donors (Lipinski definition) is 1. The van der Waals surface area contributed by atoms with Gasteiger partial charge in [-0.15, -0.1) is 5.10 Å². The smallest absolute Gasteiger partial charge is 0.331 e. The predicted molar refractivity (Wildman–Crippen MR) is 60.2 cm³/mol.